The van der Waals surface area contributed by atoms with Gasteiger partial charge < -0.3 is 10.1 Å². The molecular formula is C11H12N4O2. The molecule has 0 atom stereocenters. The van der Waals surface area contributed by atoms with Crippen molar-refractivity contribution in [2.45, 2.75) is 0 Å². The van der Waals surface area contributed by atoms with Crippen LogP contribution in [0.4, 0.5) is 11.6 Å². The van der Waals surface area contributed by atoms with Crippen LogP contribution in [0.3, 0.4) is 0 Å². The molecule has 2 aromatic heterocycles. The van der Waals surface area contributed by atoms with Crippen molar-refractivity contribution in [3.8, 4) is 0 Å². The molecule has 0 unspecified atom stereocenters. The highest BCUT2D eigenvalue weighted by Gasteiger charge is 2.07. The molecule has 0 fully saturated rings. The van der Waals surface area contributed by atoms with Crippen LogP contribution in [0.1, 0.15) is 10.4 Å². The molecule has 2 heterocycles. The van der Waals surface area contributed by atoms with E-state index in [1.54, 1.807) is 16.8 Å². The summed E-state index contributed by atoms with van der Waals surface area (Å²) in [5, 5.41) is 7.14. The molecule has 0 aliphatic heterocycles. The number of methoxy groups -OCH3 is 1. The van der Waals surface area contributed by atoms with Crippen molar-refractivity contribution in [1.29, 1.82) is 0 Å². The number of rotatable bonds is 3. The van der Waals surface area contributed by atoms with E-state index in [9.17, 15) is 4.79 Å². The average Bonchev–Trinajstić information content (AvgIpc) is 2.74. The number of nitrogens with one attached hydrogen (secondary N) is 1. The summed E-state index contributed by atoms with van der Waals surface area (Å²) in [4.78, 5) is 15.4. The number of anilines is 2. The summed E-state index contributed by atoms with van der Waals surface area (Å²) >= 11 is 0. The van der Waals surface area contributed by atoms with E-state index in [4.69, 9.17) is 0 Å². The van der Waals surface area contributed by atoms with Crippen molar-refractivity contribution >= 4 is 17.6 Å². The maximum absolute atomic E-state index is 11.3. The molecule has 0 aliphatic rings. The standard InChI is InChI=1S/C11H12N4O2/c1-15-6-4-9(14-15)13-10-7-8(3-5-12-10)11(16)17-2/h3-7H,1-2H3,(H,12,13,14). The van der Waals surface area contributed by atoms with Gasteiger partial charge in [0.05, 0.1) is 12.7 Å². The van der Waals surface area contributed by atoms with E-state index >= 15 is 0 Å². The van der Waals surface area contributed by atoms with E-state index in [0.717, 1.165) is 0 Å². The predicted octanol–water partition coefficient (Wildman–Crippen LogP) is 1.35. The molecule has 2 rings (SSSR count). The molecule has 0 saturated carbocycles. The van der Waals surface area contributed by atoms with E-state index in [1.165, 1.54) is 13.3 Å². The largest absolute Gasteiger partial charge is 0.465 e. The molecule has 2 aromatic rings. The molecule has 0 spiro atoms. The summed E-state index contributed by atoms with van der Waals surface area (Å²) in [7, 11) is 3.16. The number of ether oxygens (including phenoxy) is 1. The monoisotopic (exact) mass is 232 g/mol. The summed E-state index contributed by atoms with van der Waals surface area (Å²) in [6, 6.07) is 5.02. The van der Waals surface area contributed by atoms with Crippen molar-refractivity contribution in [3.05, 3.63) is 36.2 Å². The number of nitrogens with zero attached hydrogens (tertiary/aromatic N) is 3. The van der Waals surface area contributed by atoms with Crippen LogP contribution in [-0.2, 0) is 11.8 Å². The first-order valence-electron chi connectivity index (χ1n) is 5.00. The molecule has 0 aromatic carbocycles. The Morgan fingerprint density at radius 2 is 2.24 bits per heavy atom. The van der Waals surface area contributed by atoms with Crippen LogP contribution in [-0.4, -0.2) is 27.8 Å². The number of aryl methyl sites for hydroxylation is 1. The smallest absolute Gasteiger partial charge is 0.338 e. The predicted molar refractivity (Wildman–Crippen MR) is 62.1 cm³/mol. The lowest BCUT2D eigenvalue weighted by Crippen LogP contribution is -2.03. The van der Waals surface area contributed by atoms with Gasteiger partial charge in [-0.15, -0.1) is 0 Å². The minimum absolute atomic E-state index is 0.392. The fourth-order valence-electron chi connectivity index (χ4n) is 1.36. The zero-order valence-corrected chi connectivity index (χ0v) is 9.54. The summed E-state index contributed by atoms with van der Waals surface area (Å²) in [5.41, 5.74) is 0.445. The Morgan fingerprint density at radius 3 is 2.88 bits per heavy atom. The second kappa shape index (κ2) is 4.65. The molecule has 0 amide bonds. The van der Waals surface area contributed by atoms with Gasteiger partial charge in [0, 0.05) is 25.5 Å². The van der Waals surface area contributed by atoms with E-state index in [0.29, 0.717) is 17.2 Å². The number of pyridine rings is 1. The third kappa shape index (κ3) is 2.60. The van der Waals surface area contributed by atoms with Gasteiger partial charge in [-0.1, -0.05) is 0 Å². The Bertz CT molecular complexity index is 536. The first-order valence-corrected chi connectivity index (χ1v) is 5.00. The van der Waals surface area contributed by atoms with E-state index in [-0.39, 0.29) is 0 Å². The normalized spacial score (nSPS) is 10.0. The zero-order chi connectivity index (χ0) is 12.3. The number of hydrogen-bond acceptors (Lipinski definition) is 5. The maximum atomic E-state index is 11.3. The van der Waals surface area contributed by atoms with Gasteiger partial charge in [-0.2, -0.15) is 5.10 Å². The van der Waals surface area contributed by atoms with Crippen LogP contribution in [0.2, 0.25) is 0 Å². The Balaban J connectivity index is 2.19. The lowest BCUT2D eigenvalue weighted by Gasteiger charge is -2.03. The zero-order valence-electron chi connectivity index (χ0n) is 9.54. The minimum Gasteiger partial charge on any atom is -0.465 e. The van der Waals surface area contributed by atoms with Crippen molar-refractivity contribution < 1.29 is 9.53 Å². The highest BCUT2D eigenvalue weighted by atomic mass is 16.5. The fraction of sp³-hybridized carbons (Fsp3) is 0.182. The van der Waals surface area contributed by atoms with Crippen molar-refractivity contribution in [2.75, 3.05) is 12.4 Å². The van der Waals surface area contributed by atoms with Crippen LogP contribution in [0.25, 0.3) is 0 Å². The molecule has 0 saturated heterocycles. The quantitative estimate of drug-likeness (QED) is 0.809. The minimum atomic E-state index is -0.392. The van der Waals surface area contributed by atoms with E-state index < -0.39 is 5.97 Å². The first-order chi connectivity index (χ1) is 8.19. The molecule has 6 heteroatoms. The van der Waals surface area contributed by atoms with Crippen molar-refractivity contribution in [1.82, 2.24) is 14.8 Å². The van der Waals surface area contributed by atoms with Gasteiger partial charge in [-0.3, -0.25) is 4.68 Å². The van der Waals surface area contributed by atoms with Crippen LogP contribution in [0.15, 0.2) is 30.6 Å². The van der Waals surface area contributed by atoms with Gasteiger partial charge in [-0.25, -0.2) is 9.78 Å². The van der Waals surface area contributed by atoms with Crippen molar-refractivity contribution in [2.24, 2.45) is 7.05 Å². The average molecular weight is 232 g/mol. The van der Waals surface area contributed by atoms with Gasteiger partial charge in [0.15, 0.2) is 5.82 Å². The molecule has 17 heavy (non-hydrogen) atoms. The summed E-state index contributed by atoms with van der Waals surface area (Å²) in [6.45, 7) is 0. The van der Waals surface area contributed by atoms with Gasteiger partial charge in [0.25, 0.3) is 0 Å². The number of aromatic nitrogens is 3. The Labute approximate surface area is 98.2 Å². The lowest BCUT2D eigenvalue weighted by atomic mass is 10.2. The van der Waals surface area contributed by atoms with Crippen molar-refractivity contribution in [3.63, 3.8) is 0 Å². The second-order valence-corrected chi connectivity index (χ2v) is 3.42. The molecule has 0 aliphatic carbocycles. The number of carbonyl (C=O) groups is 1. The molecule has 1 N–H and O–H groups in total. The molecule has 6 nitrogen and oxygen atoms in total. The van der Waals surface area contributed by atoms with Gasteiger partial charge in [0.2, 0.25) is 0 Å². The lowest BCUT2D eigenvalue weighted by molar-refractivity contribution is 0.0600. The number of carbonyl (C=O) groups excluding carboxylic acids is 1. The second-order valence-electron chi connectivity index (χ2n) is 3.42. The summed E-state index contributed by atoms with van der Waals surface area (Å²) in [6.07, 6.45) is 3.35. The van der Waals surface area contributed by atoms with Crippen LogP contribution in [0.5, 0.6) is 0 Å². The van der Waals surface area contributed by atoms with Gasteiger partial charge >= 0.3 is 5.97 Å². The third-order valence-corrected chi connectivity index (χ3v) is 2.15. The van der Waals surface area contributed by atoms with Gasteiger partial charge in [0.1, 0.15) is 5.82 Å². The molecule has 88 valence electrons. The summed E-state index contributed by atoms with van der Waals surface area (Å²) in [5.74, 6) is 0.824. The topological polar surface area (TPSA) is 69.0 Å². The molecule has 0 bridgehead atoms. The van der Waals surface area contributed by atoms with Crippen LogP contribution >= 0.6 is 0 Å². The Kier molecular flexibility index (Phi) is 3.04. The highest BCUT2D eigenvalue weighted by Crippen LogP contribution is 2.13. The third-order valence-electron chi connectivity index (χ3n) is 2.15. The van der Waals surface area contributed by atoms with Crippen LogP contribution in [0, 0.1) is 0 Å². The fourth-order valence-corrected chi connectivity index (χ4v) is 1.36. The maximum Gasteiger partial charge on any atom is 0.338 e. The van der Waals surface area contributed by atoms with E-state index in [1.807, 2.05) is 19.3 Å². The van der Waals surface area contributed by atoms with Crippen LogP contribution < -0.4 is 5.32 Å². The first kappa shape index (κ1) is 11.1. The Morgan fingerprint density at radius 1 is 1.41 bits per heavy atom. The SMILES string of the molecule is COC(=O)c1ccnc(Nc2ccn(C)n2)c1. The number of esters is 1. The highest BCUT2D eigenvalue weighted by molar-refractivity contribution is 5.90. The van der Waals surface area contributed by atoms with Gasteiger partial charge in [-0.05, 0) is 12.1 Å². The summed E-state index contributed by atoms with van der Waals surface area (Å²) < 4.78 is 6.30. The Hall–Kier alpha value is -2.37. The molecule has 0 radical (unpaired) electrons. The number of hydrogen-bond donors (Lipinski definition) is 1. The van der Waals surface area contributed by atoms with E-state index in [2.05, 4.69) is 20.1 Å². The molecular weight excluding hydrogens is 220 g/mol.